The van der Waals surface area contributed by atoms with Crippen molar-refractivity contribution < 1.29 is 33.3 Å². The van der Waals surface area contributed by atoms with Crippen LogP contribution < -0.4 is 4.74 Å². The zero-order chi connectivity index (χ0) is 30.1. The summed E-state index contributed by atoms with van der Waals surface area (Å²) in [6.07, 6.45) is 7.18. The first kappa shape index (κ1) is 31.1. The zero-order valence-corrected chi connectivity index (χ0v) is 26.6. The van der Waals surface area contributed by atoms with Crippen LogP contribution in [0.5, 0.6) is 5.75 Å². The predicted molar refractivity (Wildman–Crippen MR) is 162 cm³/mol. The average molecular weight is 599 g/mol. The van der Waals surface area contributed by atoms with Gasteiger partial charge in [0.1, 0.15) is 12.4 Å². The van der Waals surface area contributed by atoms with Gasteiger partial charge in [0.2, 0.25) is 0 Å². The first-order chi connectivity index (χ1) is 19.9. The predicted octanol–water partition coefficient (Wildman–Crippen LogP) is 6.89. The third-order valence-electron chi connectivity index (χ3n) is 10.1. The summed E-state index contributed by atoms with van der Waals surface area (Å²) in [7, 11) is 1.65. The van der Waals surface area contributed by atoms with Gasteiger partial charge in [-0.05, 0) is 99.6 Å². The fourth-order valence-electron chi connectivity index (χ4n) is 7.81. The summed E-state index contributed by atoms with van der Waals surface area (Å²) in [6, 6.07) is 7.87. The monoisotopic (exact) mass is 598 g/mol. The number of esters is 2. The van der Waals surface area contributed by atoms with Gasteiger partial charge in [-0.15, -0.1) is 11.8 Å². The van der Waals surface area contributed by atoms with Crippen LogP contribution in [0.3, 0.4) is 0 Å². The van der Waals surface area contributed by atoms with Gasteiger partial charge in [0.15, 0.2) is 11.9 Å². The lowest BCUT2D eigenvalue weighted by atomic mass is 9.46. The van der Waals surface area contributed by atoms with Crippen LogP contribution in [0.1, 0.15) is 72.6 Å². The molecule has 0 aromatic heterocycles. The Kier molecular flexibility index (Phi) is 9.17. The number of fused-ring (bicyclic) bond motifs is 3. The van der Waals surface area contributed by atoms with E-state index in [0.717, 1.165) is 42.1 Å². The van der Waals surface area contributed by atoms with Crippen LogP contribution in [-0.4, -0.2) is 56.0 Å². The molecule has 7 nitrogen and oxygen atoms in total. The van der Waals surface area contributed by atoms with Crippen molar-refractivity contribution in [2.45, 2.75) is 95.5 Å². The van der Waals surface area contributed by atoms with Gasteiger partial charge in [-0.1, -0.05) is 32.1 Å². The summed E-state index contributed by atoms with van der Waals surface area (Å²) in [4.78, 5) is 26.5. The molecule has 2 aliphatic carbocycles. The minimum atomic E-state index is -0.657. The zero-order valence-electron chi connectivity index (χ0n) is 25.7. The highest BCUT2D eigenvalue weighted by Crippen LogP contribution is 2.63. The lowest BCUT2D eigenvalue weighted by Gasteiger charge is -2.63. The van der Waals surface area contributed by atoms with Gasteiger partial charge in [-0.2, -0.15) is 0 Å². The molecule has 0 radical (unpaired) electrons. The second kappa shape index (κ2) is 12.4. The summed E-state index contributed by atoms with van der Waals surface area (Å²) >= 11 is 1.69. The number of methoxy groups -OCH3 is 1. The van der Waals surface area contributed by atoms with Crippen molar-refractivity contribution in [2.75, 3.05) is 26.1 Å². The fourth-order valence-corrected chi connectivity index (χ4v) is 8.66. The maximum absolute atomic E-state index is 12.7. The van der Waals surface area contributed by atoms with Gasteiger partial charge in [-0.25, -0.2) is 4.79 Å². The minimum Gasteiger partial charge on any atom is -0.497 e. The van der Waals surface area contributed by atoms with Gasteiger partial charge in [0.25, 0.3) is 0 Å². The number of thioether (sulfide) groups is 1. The van der Waals surface area contributed by atoms with Crippen molar-refractivity contribution in [1.82, 2.24) is 0 Å². The molecule has 0 N–H and O–H groups in total. The van der Waals surface area contributed by atoms with Crippen molar-refractivity contribution in [3.05, 3.63) is 48.1 Å². The molecule has 4 aliphatic rings. The number of carbonyl (C=O) groups excluding carboxylic acids is 2. The molecule has 0 spiro atoms. The molecule has 0 unspecified atom stereocenters. The minimum absolute atomic E-state index is 0.0160. The fraction of sp³-hybridized carbons (Fsp3) is 0.647. The summed E-state index contributed by atoms with van der Waals surface area (Å²) < 4.78 is 28.9. The molecule has 230 valence electrons. The van der Waals surface area contributed by atoms with Gasteiger partial charge in [0.05, 0.1) is 25.4 Å². The molecule has 0 amide bonds. The molecule has 2 heterocycles. The van der Waals surface area contributed by atoms with Gasteiger partial charge < -0.3 is 23.7 Å². The number of cyclic esters (lactones) is 1. The summed E-state index contributed by atoms with van der Waals surface area (Å²) in [5, 5.41) is 0. The van der Waals surface area contributed by atoms with Crippen molar-refractivity contribution in [3.63, 3.8) is 0 Å². The van der Waals surface area contributed by atoms with E-state index in [1.54, 1.807) is 18.9 Å². The number of hydrogen-bond acceptors (Lipinski definition) is 8. The van der Waals surface area contributed by atoms with E-state index in [1.165, 1.54) is 5.57 Å². The lowest BCUT2D eigenvalue weighted by Crippen LogP contribution is -2.62. The van der Waals surface area contributed by atoms with Gasteiger partial charge >= 0.3 is 11.9 Å². The van der Waals surface area contributed by atoms with E-state index in [-0.39, 0.29) is 35.4 Å². The van der Waals surface area contributed by atoms with Crippen LogP contribution in [0.15, 0.2) is 53.0 Å². The number of hydrogen-bond donors (Lipinski definition) is 0. The third-order valence-corrected chi connectivity index (χ3v) is 11.2. The van der Waals surface area contributed by atoms with E-state index in [0.29, 0.717) is 37.4 Å². The first-order valence-corrected chi connectivity index (χ1v) is 16.3. The SMILES string of the molecule is C=C1CC[C@@H]2[C@]3(C)COC(C)(C)O[C@@H]3CC[C@@]2(C)[C@@H]1C/C=C1/C(=O)OC[C@H]1OC(=O)CCCSc1ccc(OC)cc1. The Morgan fingerprint density at radius 1 is 1.14 bits per heavy atom. The topological polar surface area (TPSA) is 80.3 Å². The molecule has 1 aromatic carbocycles. The van der Waals surface area contributed by atoms with E-state index in [9.17, 15) is 9.59 Å². The van der Waals surface area contributed by atoms with Crippen LogP contribution >= 0.6 is 11.8 Å². The van der Waals surface area contributed by atoms with Crippen LogP contribution in [-0.2, 0) is 28.5 Å². The Hall–Kier alpha value is -2.29. The molecular formula is C34H46O7S. The van der Waals surface area contributed by atoms with Gasteiger partial charge in [0, 0.05) is 16.7 Å². The Bertz CT molecular complexity index is 1210. The van der Waals surface area contributed by atoms with E-state index in [2.05, 4.69) is 20.4 Å². The molecule has 8 heteroatoms. The molecule has 2 aliphatic heterocycles. The Morgan fingerprint density at radius 3 is 2.64 bits per heavy atom. The largest absolute Gasteiger partial charge is 0.497 e. The molecular weight excluding hydrogens is 552 g/mol. The second-order valence-electron chi connectivity index (χ2n) is 13.2. The first-order valence-electron chi connectivity index (χ1n) is 15.3. The van der Waals surface area contributed by atoms with Crippen LogP contribution in [0, 0.1) is 22.7 Å². The molecule has 1 aromatic rings. The lowest BCUT2D eigenvalue weighted by molar-refractivity contribution is -0.344. The molecule has 42 heavy (non-hydrogen) atoms. The van der Waals surface area contributed by atoms with E-state index in [1.807, 2.05) is 44.2 Å². The molecule has 0 bridgehead atoms. The van der Waals surface area contributed by atoms with Crippen molar-refractivity contribution in [1.29, 1.82) is 0 Å². The molecule has 2 saturated heterocycles. The Balaban J connectivity index is 1.19. The maximum Gasteiger partial charge on any atom is 0.337 e. The second-order valence-corrected chi connectivity index (χ2v) is 14.4. The quantitative estimate of drug-likeness (QED) is 0.0999. The van der Waals surface area contributed by atoms with Crippen molar-refractivity contribution >= 4 is 23.7 Å². The number of benzene rings is 1. The summed E-state index contributed by atoms with van der Waals surface area (Å²) in [6.45, 7) is 14.0. The highest BCUT2D eigenvalue weighted by atomic mass is 32.2. The number of carbonyl (C=O) groups is 2. The van der Waals surface area contributed by atoms with Crippen molar-refractivity contribution in [2.24, 2.45) is 22.7 Å². The molecule has 2 saturated carbocycles. The molecule has 4 fully saturated rings. The Labute approximate surface area is 254 Å². The maximum atomic E-state index is 12.7. The van der Waals surface area contributed by atoms with Crippen LogP contribution in [0.25, 0.3) is 0 Å². The average Bonchev–Trinajstić information content (AvgIpc) is 3.29. The summed E-state index contributed by atoms with van der Waals surface area (Å²) in [5.41, 5.74) is 1.65. The normalized spacial score (nSPS) is 34.8. The smallest absolute Gasteiger partial charge is 0.337 e. The third kappa shape index (κ3) is 6.31. The van der Waals surface area contributed by atoms with E-state index in [4.69, 9.17) is 23.7 Å². The van der Waals surface area contributed by atoms with E-state index < -0.39 is 17.9 Å². The van der Waals surface area contributed by atoms with E-state index >= 15 is 0 Å². The molecule has 6 atom stereocenters. The van der Waals surface area contributed by atoms with Crippen LogP contribution in [0.2, 0.25) is 0 Å². The van der Waals surface area contributed by atoms with Crippen molar-refractivity contribution in [3.8, 4) is 5.75 Å². The van der Waals surface area contributed by atoms with Gasteiger partial charge in [-0.3, -0.25) is 4.79 Å². The number of allylic oxidation sites excluding steroid dienone is 2. The summed E-state index contributed by atoms with van der Waals surface area (Å²) in [5.74, 6) is 1.01. The standard InChI is InChI=1S/C34H46O7S/c1-22-9-16-28-33(4,18-17-29-34(28,5)21-39-32(2,3)41-29)26(22)15-14-25-27(20-38-31(25)36)40-30(35)8-7-19-42-24-12-10-23(37-6)11-13-24/h10-14,26-29H,1,7-9,15-21H2,2-6H3/b25-14+/t26-,27-,28+,29-,33+,34+/m1/s1. The number of ether oxygens (including phenoxy) is 5. The molecule has 5 rings (SSSR count). The van der Waals surface area contributed by atoms with Crippen LogP contribution in [0.4, 0.5) is 0 Å². The highest BCUT2D eigenvalue weighted by Gasteiger charge is 2.60. The Morgan fingerprint density at radius 2 is 1.90 bits per heavy atom. The highest BCUT2D eigenvalue weighted by molar-refractivity contribution is 7.99. The number of rotatable bonds is 9.